The predicted octanol–water partition coefficient (Wildman–Crippen LogP) is 0.781. The van der Waals surface area contributed by atoms with E-state index in [0.717, 1.165) is 36.8 Å². The van der Waals surface area contributed by atoms with Crippen LogP contribution in [0.2, 0.25) is 5.02 Å². The van der Waals surface area contributed by atoms with Gasteiger partial charge in [0.15, 0.2) is 0 Å². The van der Waals surface area contributed by atoms with Crippen molar-refractivity contribution in [3.63, 3.8) is 0 Å². The lowest BCUT2D eigenvalue weighted by atomic mass is 10.0. The summed E-state index contributed by atoms with van der Waals surface area (Å²) in [5, 5.41) is 0.741. The molecule has 0 bridgehead atoms. The van der Waals surface area contributed by atoms with Gasteiger partial charge in [0.2, 0.25) is 0 Å². The second-order valence-corrected chi connectivity index (χ2v) is 5.53. The lowest BCUT2D eigenvalue weighted by molar-refractivity contribution is -0.00000445. The third-order valence-electron chi connectivity index (χ3n) is 3.70. The fourth-order valence-electron chi connectivity index (χ4n) is 2.57. The maximum atomic E-state index is 5.85. The molecule has 0 fully saturated rings. The van der Waals surface area contributed by atoms with E-state index < -0.39 is 0 Å². The first-order valence-electron chi connectivity index (χ1n) is 6.99. The topological polar surface area (TPSA) is 12.5 Å². The molecule has 4 heteroatoms. The molecule has 2 aromatic rings. The Kier molecular flexibility index (Phi) is 5.92. The average molecular weight is 323 g/mol. The van der Waals surface area contributed by atoms with E-state index >= 15 is 0 Å². The molecule has 0 amide bonds. The number of hydrogen-bond donors (Lipinski definition) is 0. The van der Waals surface area contributed by atoms with Gasteiger partial charge >= 0.3 is 0 Å². The molecule has 0 atom stereocenters. The number of ether oxygens (including phenoxy) is 1. The maximum absolute atomic E-state index is 5.85. The minimum absolute atomic E-state index is 0. The van der Waals surface area contributed by atoms with E-state index in [1.165, 1.54) is 11.1 Å². The van der Waals surface area contributed by atoms with E-state index in [9.17, 15) is 0 Å². The first-order chi connectivity index (χ1) is 9.81. The molecule has 2 nitrogen and oxygen atoms in total. The predicted molar refractivity (Wildman–Crippen MR) is 82.4 cm³/mol. The summed E-state index contributed by atoms with van der Waals surface area (Å²) in [4.78, 5) is 2.44. The van der Waals surface area contributed by atoms with Crippen LogP contribution in [0.4, 0.5) is 0 Å². The summed E-state index contributed by atoms with van der Waals surface area (Å²) in [5.74, 6) is 0.881. The number of nitrogens with zero attached hydrogens (tertiary/aromatic N) is 1. The molecule has 1 aliphatic heterocycles. The largest absolute Gasteiger partial charge is 1.00 e. The van der Waals surface area contributed by atoms with Gasteiger partial charge in [0, 0.05) is 24.7 Å². The number of rotatable bonds is 4. The second-order valence-electron chi connectivity index (χ2n) is 5.10. The summed E-state index contributed by atoms with van der Waals surface area (Å²) in [6.45, 7) is 3.81. The first-order valence-corrected chi connectivity index (χ1v) is 7.36. The van der Waals surface area contributed by atoms with Crippen molar-refractivity contribution < 1.29 is 17.1 Å². The quantitative estimate of drug-likeness (QED) is 0.825. The number of benzene rings is 2. The lowest BCUT2D eigenvalue weighted by Gasteiger charge is -2.28. The zero-order valence-corrected chi connectivity index (χ0v) is 13.3. The summed E-state index contributed by atoms with van der Waals surface area (Å²) < 4.78 is 5.75. The fraction of sp³-hybridized carbons (Fsp3) is 0.294. The highest BCUT2D eigenvalue weighted by atomic mass is 35.5. The minimum atomic E-state index is 0. The molecule has 0 saturated heterocycles. The van der Waals surface area contributed by atoms with Crippen LogP contribution in [0.15, 0.2) is 48.5 Å². The van der Waals surface area contributed by atoms with Crippen molar-refractivity contribution in [3.05, 3.63) is 64.7 Å². The van der Waals surface area contributed by atoms with Crippen LogP contribution < -0.4 is 17.1 Å². The van der Waals surface area contributed by atoms with Crippen LogP contribution in [-0.4, -0.2) is 24.6 Å². The normalized spacial score (nSPS) is 14.1. The van der Waals surface area contributed by atoms with Crippen LogP contribution in [0.25, 0.3) is 0 Å². The Bertz CT molecular complexity index is 571. The van der Waals surface area contributed by atoms with Gasteiger partial charge < -0.3 is 17.1 Å². The van der Waals surface area contributed by atoms with Gasteiger partial charge in [-0.1, -0.05) is 35.9 Å². The molecular weight excluding hydrogens is 305 g/mol. The number of hydrogen-bond acceptors (Lipinski definition) is 2. The Morgan fingerprint density at radius 1 is 1.00 bits per heavy atom. The van der Waals surface area contributed by atoms with Crippen LogP contribution in [0.1, 0.15) is 11.1 Å². The zero-order chi connectivity index (χ0) is 13.8. The molecule has 0 aliphatic carbocycles. The highest BCUT2D eigenvalue weighted by molar-refractivity contribution is 6.30. The Labute approximate surface area is 137 Å². The first kappa shape index (κ1) is 16.2. The van der Waals surface area contributed by atoms with Gasteiger partial charge in [-0.3, -0.25) is 4.90 Å². The van der Waals surface area contributed by atoms with Crippen LogP contribution in [0.3, 0.4) is 0 Å². The monoisotopic (exact) mass is 322 g/mol. The standard InChI is InChI=1S/C17H18ClNO.ClH/c18-16-5-7-17(8-6-16)20-12-11-19-10-9-14-3-1-2-4-15(14)13-19;/h1-8H,9-13H2;1H/p-1. The van der Waals surface area contributed by atoms with Crippen molar-refractivity contribution in [3.8, 4) is 5.75 Å². The third kappa shape index (κ3) is 4.37. The van der Waals surface area contributed by atoms with Crippen LogP contribution in [0, 0.1) is 0 Å². The van der Waals surface area contributed by atoms with Gasteiger partial charge in [0.1, 0.15) is 12.4 Å². The molecule has 1 aliphatic rings. The molecule has 0 spiro atoms. The fourth-order valence-corrected chi connectivity index (χ4v) is 2.69. The maximum Gasteiger partial charge on any atom is 0.119 e. The van der Waals surface area contributed by atoms with Crippen LogP contribution in [0.5, 0.6) is 5.75 Å². The van der Waals surface area contributed by atoms with Gasteiger partial charge in [-0.25, -0.2) is 0 Å². The lowest BCUT2D eigenvalue weighted by Crippen LogP contribution is -3.00. The summed E-state index contributed by atoms with van der Waals surface area (Å²) in [6, 6.07) is 16.2. The second kappa shape index (κ2) is 7.69. The molecule has 0 saturated carbocycles. The van der Waals surface area contributed by atoms with Crippen molar-refractivity contribution in [2.75, 3.05) is 19.7 Å². The SMILES string of the molecule is Clc1ccc(OCCN2CCc3ccccc3C2)cc1.[Cl-]. The molecule has 0 radical (unpaired) electrons. The zero-order valence-electron chi connectivity index (χ0n) is 11.8. The van der Waals surface area contributed by atoms with Crippen molar-refractivity contribution in [1.29, 1.82) is 0 Å². The van der Waals surface area contributed by atoms with Crippen molar-refractivity contribution in [2.45, 2.75) is 13.0 Å². The van der Waals surface area contributed by atoms with Crippen LogP contribution in [-0.2, 0) is 13.0 Å². The van der Waals surface area contributed by atoms with Crippen molar-refractivity contribution in [2.24, 2.45) is 0 Å². The molecule has 21 heavy (non-hydrogen) atoms. The van der Waals surface area contributed by atoms with Crippen LogP contribution >= 0.6 is 11.6 Å². The summed E-state index contributed by atoms with van der Waals surface area (Å²) in [6.07, 6.45) is 1.14. The molecule has 112 valence electrons. The molecule has 3 rings (SSSR count). The van der Waals surface area contributed by atoms with Crippen molar-refractivity contribution >= 4 is 11.6 Å². The van der Waals surface area contributed by atoms with Gasteiger partial charge in [-0.05, 0) is 41.8 Å². The molecule has 0 N–H and O–H groups in total. The van der Waals surface area contributed by atoms with E-state index in [-0.39, 0.29) is 12.4 Å². The highest BCUT2D eigenvalue weighted by Crippen LogP contribution is 2.19. The van der Waals surface area contributed by atoms with Gasteiger partial charge in [-0.15, -0.1) is 0 Å². The Morgan fingerprint density at radius 2 is 1.71 bits per heavy atom. The van der Waals surface area contributed by atoms with E-state index in [4.69, 9.17) is 16.3 Å². The van der Waals surface area contributed by atoms with E-state index in [1.54, 1.807) is 0 Å². The number of halogens is 2. The summed E-state index contributed by atoms with van der Waals surface area (Å²) in [7, 11) is 0. The minimum Gasteiger partial charge on any atom is -1.00 e. The average Bonchev–Trinajstić information content (AvgIpc) is 2.49. The molecule has 0 unspecified atom stereocenters. The summed E-state index contributed by atoms with van der Waals surface area (Å²) >= 11 is 5.85. The Balaban J connectivity index is 0.00000161. The van der Waals surface area contributed by atoms with Gasteiger partial charge in [0.05, 0.1) is 0 Å². The smallest absolute Gasteiger partial charge is 0.119 e. The molecular formula is C17H18Cl2NO-. The third-order valence-corrected chi connectivity index (χ3v) is 3.95. The van der Waals surface area contributed by atoms with E-state index in [1.807, 2.05) is 24.3 Å². The van der Waals surface area contributed by atoms with Gasteiger partial charge in [-0.2, -0.15) is 0 Å². The van der Waals surface area contributed by atoms with E-state index in [0.29, 0.717) is 6.61 Å². The van der Waals surface area contributed by atoms with Gasteiger partial charge in [0.25, 0.3) is 0 Å². The molecule has 1 heterocycles. The Morgan fingerprint density at radius 3 is 2.48 bits per heavy atom. The highest BCUT2D eigenvalue weighted by Gasteiger charge is 2.15. The number of fused-ring (bicyclic) bond motifs is 1. The summed E-state index contributed by atoms with van der Waals surface area (Å²) in [5.41, 5.74) is 2.94. The molecule has 0 aromatic heterocycles. The van der Waals surface area contributed by atoms with Crippen molar-refractivity contribution in [1.82, 2.24) is 4.90 Å². The molecule has 2 aromatic carbocycles. The van der Waals surface area contributed by atoms with E-state index in [2.05, 4.69) is 29.2 Å². The Hall–Kier alpha value is -1.22.